The molecule has 1 atom stereocenters. The van der Waals surface area contributed by atoms with Crippen LogP contribution in [-0.4, -0.2) is 31.9 Å². The van der Waals surface area contributed by atoms with E-state index in [0.29, 0.717) is 25.1 Å². The van der Waals surface area contributed by atoms with E-state index in [1.54, 1.807) is 6.92 Å². The molecule has 1 aromatic carbocycles. The van der Waals surface area contributed by atoms with Crippen LogP contribution < -0.4 is 5.73 Å². The van der Waals surface area contributed by atoms with E-state index in [1.165, 1.54) is 16.4 Å². The summed E-state index contributed by atoms with van der Waals surface area (Å²) in [6.07, 6.45) is 0.646. The van der Waals surface area contributed by atoms with Gasteiger partial charge >= 0.3 is 0 Å². The molecule has 2 rings (SSSR count). The zero-order valence-corrected chi connectivity index (χ0v) is 11.6. The first-order chi connectivity index (χ1) is 7.91. The zero-order chi connectivity index (χ0) is 12.6. The van der Waals surface area contributed by atoms with Crippen molar-refractivity contribution in [3.63, 3.8) is 0 Å². The van der Waals surface area contributed by atoms with Gasteiger partial charge in [-0.2, -0.15) is 4.31 Å². The van der Waals surface area contributed by atoms with E-state index < -0.39 is 15.8 Å². The Kier molecular flexibility index (Phi) is 4.72. The summed E-state index contributed by atoms with van der Waals surface area (Å²) in [6.45, 7) is 2.30. The summed E-state index contributed by atoms with van der Waals surface area (Å²) in [7, 11) is -3.60. The lowest BCUT2D eigenvalue weighted by Crippen LogP contribution is -2.32. The number of hydrogen-bond donors (Lipinski definition) is 1. The molecule has 4 nitrogen and oxygen atoms in total. The number of sulfonamides is 1. The lowest BCUT2D eigenvalue weighted by Gasteiger charge is -2.16. The molecule has 0 bridgehead atoms. The van der Waals surface area contributed by atoms with Gasteiger partial charge in [-0.05, 0) is 31.0 Å². The highest BCUT2D eigenvalue weighted by Crippen LogP contribution is 2.22. The van der Waals surface area contributed by atoms with E-state index in [4.69, 9.17) is 5.73 Å². The third-order valence-electron chi connectivity index (χ3n) is 2.97. The summed E-state index contributed by atoms with van der Waals surface area (Å²) >= 11 is 0. The fraction of sp³-hybridized carbons (Fsp3) is 0.455. The second-order valence-electron chi connectivity index (χ2n) is 4.32. The first-order valence-corrected chi connectivity index (χ1v) is 6.87. The van der Waals surface area contributed by atoms with Gasteiger partial charge in [0.05, 0.1) is 4.90 Å². The first-order valence-electron chi connectivity index (χ1n) is 5.43. The SMILES string of the molecule is Cc1ccc(S(=O)(=O)N2CC[C@@H](N)C2)cc1F.Cl. The number of benzene rings is 1. The molecule has 102 valence electrons. The second-order valence-corrected chi connectivity index (χ2v) is 6.26. The lowest BCUT2D eigenvalue weighted by atomic mass is 10.2. The third kappa shape index (κ3) is 2.83. The van der Waals surface area contributed by atoms with Gasteiger partial charge in [0.25, 0.3) is 0 Å². The van der Waals surface area contributed by atoms with E-state index in [0.717, 1.165) is 6.07 Å². The quantitative estimate of drug-likeness (QED) is 0.894. The Morgan fingerprint density at radius 1 is 1.44 bits per heavy atom. The fourth-order valence-corrected chi connectivity index (χ4v) is 3.38. The lowest BCUT2D eigenvalue weighted by molar-refractivity contribution is 0.471. The average Bonchev–Trinajstić information content (AvgIpc) is 2.69. The predicted octanol–water partition coefficient (Wildman–Crippen LogP) is 1.28. The Hall–Kier alpha value is -0.690. The van der Waals surface area contributed by atoms with Crippen LogP contribution in [0.25, 0.3) is 0 Å². The topological polar surface area (TPSA) is 63.4 Å². The van der Waals surface area contributed by atoms with E-state index in [2.05, 4.69) is 0 Å². The van der Waals surface area contributed by atoms with Gasteiger partial charge in [-0.25, -0.2) is 12.8 Å². The van der Waals surface area contributed by atoms with Crippen LogP contribution >= 0.6 is 12.4 Å². The maximum atomic E-state index is 13.4. The Balaban J connectivity index is 0.00000162. The van der Waals surface area contributed by atoms with Gasteiger partial charge in [0.2, 0.25) is 10.0 Å². The Bertz CT molecular complexity index is 536. The van der Waals surface area contributed by atoms with Crippen molar-refractivity contribution in [2.75, 3.05) is 13.1 Å². The number of nitrogens with zero attached hydrogens (tertiary/aromatic N) is 1. The summed E-state index contributed by atoms with van der Waals surface area (Å²) in [5, 5.41) is 0. The smallest absolute Gasteiger partial charge is 0.243 e. The minimum Gasteiger partial charge on any atom is -0.326 e. The van der Waals surface area contributed by atoms with Gasteiger partial charge in [-0.15, -0.1) is 12.4 Å². The minimum absolute atomic E-state index is 0. The summed E-state index contributed by atoms with van der Waals surface area (Å²) in [5.74, 6) is -0.505. The molecule has 1 aliphatic heterocycles. The van der Waals surface area contributed by atoms with Crippen LogP contribution in [0.4, 0.5) is 4.39 Å². The third-order valence-corrected chi connectivity index (χ3v) is 4.83. The summed E-state index contributed by atoms with van der Waals surface area (Å²) < 4.78 is 39.0. The standard InChI is InChI=1S/C11H15FN2O2S.ClH/c1-8-2-3-10(6-11(8)12)17(15,16)14-5-4-9(13)7-14;/h2-3,6,9H,4-5,7,13H2,1H3;1H/t9-;/m1./s1. The van der Waals surface area contributed by atoms with Crippen molar-refractivity contribution >= 4 is 22.4 Å². The van der Waals surface area contributed by atoms with Crippen LogP contribution in [0.1, 0.15) is 12.0 Å². The van der Waals surface area contributed by atoms with Crippen molar-refractivity contribution < 1.29 is 12.8 Å². The Labute approximate surface area is 112 Å². The number of aryl methyl sites for hydroxylation is 1. The molecule has 1 aromatic rings. The van der Waals surface area contributed by atoms with Crippen LogP contribution in [0.5, 0.6) is 0 Å². The molecule has 0 amide bonds. The highest BCUT2D eigenvalue weighted by atomic mass is 35.5. The zero-order valence-electron chi connectivity index (χ0n) is 9.97. The van der Waals surface area contributed by atoms with Crippen molar-refractivity contribution in [1.82, 2.24) is 4.31 Å². The van der Waals surface area contributed by atoms with Gasteiger partial charge in [-0.1, -0.05) is 6.07 Å². The fourth-order valence-electron chi connectivity index (χ4n) is 1.86. The van der Waals surface area contributed by atoms with Crippen LogP contribution in [-0.2, 0) is 10.0 Å². The monoisotopic (exact) mass is 294 g/mol. The highest BCUT2D eigenvalue weighted by Gasteiger charge is 2.31. The number of hydrogen-bond acceptors (Lipinski definition) is 3. The van der Waals surface area contributed by atoms with Crippen molar-refractivity contribution in [2.24, 2.45) is 5.73 Å². The molecular formula is C11H16ClFN2O2S. The summed E-state index contributed by atoms with van der Waals surface area (Å²) in [5.41, 5.74) is 6.11. The number of rotatable bonds is 2. The molecule has 1 fully saturated rings. The molecule has 1 heterocycles. The molecule has 0 aliphatic carbocycles. The minimum atomic E-state index is -3.60. The largest absolute Gasteiger partial charge is 0.326 e. The number of halogens is 2. The van der Waals surface area contributed by atoms with Crippen LogP contribution in [0.15, 0.2) is 23.1 Å². The van der Waals surface area contributed by atoms with E-state index in [9.17, 15) is 12.8 Å². The van der Waals surface area contributed by atoms with Crippen LogP contribution in [0.2, 0.25) is 0 Å². The van der Waals surface area contributed by atoms with E-state index in [1.807, 2.05) is 0 Å². The first kappa shape index (κ1) is 15.4. The van der Waals surface area contributed by atoms with Gasteiger partial charge in [0.15, 0.2) is 0 Å². The molecule has 0 unspecified atom stereocenters. The molecule has 1 aliphatic rings. The second kappa shape index (κ2) is 5.52. The molecule has 1 saturated heterocycles. The molecule has 0 aromatic heterocycles. The molecule has 2 N–H and O–H groups in total. The summed E-state index contributed by atoms with van der Waals surface area (Å²) in [6, 6.07) is 3.84. The highest BCUT2D eigenvalue weighted by molar-refractivity contribution is 7.89. The molecule has 7 heteroatoms. The predicted molar refractivity (Wildman–Crippen MR) is 69.7 cm³/mol. The molecular weight excluding hydrogens is 279 g/mol. The van der Waals surface area contributed by atoms with Crippen molar-refractivity contribution in [2.45, 2.75) is 24.3 Å². The molecule has 0 saturated carbocycles. The Morgan fingerprint density at radius 3 is 2.61 bits per heavy atom. The van der Waals surface area contributed by atoms with Gasteiger partial charge in [-0.3, -0.25) is 0 Å². The van der Waals surface area contributed by atoms with Gasteiger partial charge < -0.3 is 5.73 Å². The van der Waals surface area contributed by atoms with Crippen molar-refractivity contribution in [1.29, 1.82) is 0 Å². The maximum absolute atomic E-state index is 13.4. The van der Waals surface area contributed by atoms with Crippen LogP contribution in [0, 0.1) is 12.7 Å². The van der Waals surface area contributed by atoms with E-state index >= 15 is 0 Å². The van der Waals surface area contributed by atoms with E-state index in [-0.39, 0.29) is 23.3 Å². The average molecular weight is 295 g/mol. The maximum Gasteiger partial charge on any atom is 0.243 e. The normalized spacial score (nSPS) is 20.7. The Morgan fingerprint density at radius 2 is 2.11 bits per heavy atom. The van der Waals surface area contributed by atoms with Gasteiger partial charge in [0, 0.05) is 19.1 Å². The van der Waals surface area contributed by atoms with Crippen LogP contribution in [0.3, 0.4) is 0 Å². The van der Waals surface area contributed by atoms with Gasteiger partial charge in [0.1, 0.15) is 5.82 Å². The van der Waals surface area contributed by atoms with Crippen molar-refractivity contribution in [3.8, 4) is 0 Å². The molecule has 18 heavy (non-hydrogen) atoms. The van der Waals surface area contributed by atoms with Crippen molar-refractivity contribution in [3.05, 3.63) is 29.6 Å². The summed E-state index contributed by atoms with van der Waals surface area (Å²) in [4.78, 5) is -0.00491. The molecule has 0 spiro atoms. The number of nitrogens with two attached hydrogens (primary N) is 1. The molecule has 0 radical (unpaired) electrons.